The molecule has 2 heterocycles. The molecule has 4 rings (SSSR count). The van der Waals surface area contributed by atoms with Crippen molar-refractivity contribution in [1.29, 1.82) is 0 Å². The Balaban J connectivity index is 1.65. The van der Waals surface area contributed by atoms with Gasteiger partial charge in [-0.1, -0.05) is 42.1 Å². The van der Waals surface area contributed by atoms with Crippen molar-refractivity contribution in [2.24, 2.45) is 4.99 Å². The van der Waals surface area contributed by atoms with Crippen molar-refractivity contribution in [2.45, 2.75) is 24.6 Å². The van der Waals surface area contributed by atoms with Gasteiger partial charge in [0.2, 0.25) is 0 Å². The number of para-hydroxylation sites is 1. The molecule has 0 spiro atoms. The molecule has 0 bridgehead atoms. The molecule has 2 aromatic carbocycles. The van der Waals surface area contributed by atoms with Crippen LogP contribution in [0.5, 0.6) is 5.75 Å². The summed E-state index contributed by atoms with van der Waals surface area (Å²) in [5.41, 5.74) is 2.71. The highest BCUT2D eigenvalue weighted by Crippen LogP contribution is 2.41. The topological polar surface area (TPSA) is 76.0 Å². The highest BCUT2D eigenvalue weighted by Gasteiger charge is 2.49. The maximum Gasteiger partial charge on any atom is 0.252 e. The molecule has 152 valence electrons. The first-order valence-corrected chi connectivity index (χ1v) is 12.0. The Morgan fingerprint density at radius 3 is 2.76 bits per heavy atom. The third-order valence-corrected chi connectivity index (χ3v) is 8.31. The van der Waals surface area contributed by atoms with Crippen LogP contribution < -0.4 is 9.64 Å². The van der Waals surface area contributed by atoms with Crippen LogP contribution >= 0.6 is 11.8 Å². The number of anilines is 1. The van der Waals surface area contributed by atoms with E-state index in [1.807, 2.05) is 60.4 Å². The van der Waals surface area contributed by atoms with Crippen molar-refractivity contribution in [3.8, 4) is 5.75 Å². The number of sulfone groups is 1. The van der Waals surface area contributed by atoms with E-state index in [-0.39, 0.29) is 35.1 Å². The fraction of sp³-hybridized carbons (Fsp3) is 0.333. The van der Waals surface area contributed by atoms with Crippen molar-refractivity contribution < 1.29 is 17.9 Å². The summed E-state index contributed by atoms with van der Waals surface area (Å²) in [5, 5.41) is 0.457. The molecule has 2 fully saturated rings. The molecule has 8 heteroatoms. The Morgan fingerprint density at radius 2 is 2.00 bits per heavy atom. The van der Waals surface area contributed by atoms with Gasteiger partial charge in [-0.25, -0.2) is 8.42 Å². The lowest BCUT2D eigenvalue weighted by Gasteiger charge is -2.24. The zero-order chi connectivity index (χ0) is 20.6. The van der Waals surface area contributed by atoms with Crippen molar-refractivity contribution in [2.75, 3.05) is 23.5 Å². The predicted molar refractivity (Wildman–Crippen MR) is 117 cm³/mol. The van der Waals surface area contributed by atoms with Crippen LogP contribution in [-0.2, 0) is 21.1 Å². The van der Waals surface area contributed by atoms with E-state index in [1.165, 1.54) is 11.8 Å². The van der Waals surface area contributed by atoms with Gasteiger partial charge in [-0.15, -0.1) is 0 Å². The van der Waals surface area contributed by atoms with E-state index < -0.39 is 9.84 Å². The van der Waals surface area contributed by atoms with Gasteiger partial charge in [-0.2, -0.15) is 4.99 Å². The van der Waals surface area contributed by atoms with E-state index in [9.17, 15) is 13.2 Å². The number of fused-ring (bicyclic) bond motifs is 1. The second-order valence-corrected chi connectivity index (χ2v) is 10.6. The molecule has 2 atom stereocenters. The van der Waals surface area contributed by atoms with Gasteiger partial charge in [0.15, 0.2) is 15.0 Å². The molecule has 0 aliphatic carbocycles. The second kappa shape index (κ2) is 7.84. The molecular formula is C21H22N2O4S2. The highest BCUT2D eigenvalue weighted by atomic mass is 32.2. The molecule has 2 aromatic rings. The van der Waals surface area contributed by atoms with Crippen molar-refractivity contribution in [3.05, 3.63) is 59.7 Å². The Kier molecular flexibility index (Phi) is 5.40. The van der Waals surface area contributed by atoms with Crippen LogP contribution in [0.2, 0.25) is 0 Å². The van der Waals surface area contributed by atoms with Gasteiger partial charge in [0, 0.05) is 16.5 Å². The van der Waals surface area contributed by atoms with Crippen LogP contribution in [0.4, 0.5) is 5.69 Å². The molecular weight excluding hydrogens is 408 g/mol. The summed E-state index contributed by atoms with van der Waals surface area (Å²) in [4.78, 5) is 19.0. The number of nitrogens with zero attached hydrogens (tertiary/aromatic N) is 2. The minimum atomic E-state index is -3.08. The summed E-state index contributed by atoms with van der Waals surface area (Å²) >= 11 is 1.39. The summed E-state index contributed by atoms with van der Waals surface area (Å²) in [6.45, 7) is 1.99. The molecule has 0 saturated carbocycles. The molecule has 1 amide bonds. The quantitative estimate of drug-likeness (QED) is 0.743. The number of amides is 1. The van der Waals surface area contributed by atoms with E-state index in [1.54, 1.807) is 7.11 Å². The molecule has 0 radical (unpaired) electrons. The first kappa shape index (κ1) is 20.0. The summed E-state index contributed by atoms with van der Waals surface area (Å²) in [6.07, 6.45) is 0.128. The number of ether oxygens (including phenoxy) is 1. The molecule has 0 aromatic heterocycles. The van der Waals surface area contributed by atoms with Crippen LogP contribution in [0.1, 0.15) is 11.1 Å². The standard InChI is InChI=1S/C21H22N2O4S2/c1-14-6-5-8-16(10-14)23-17-12-29(25,26)13-19(17)28-21(23)22-20(24)11-15-7-3-4-9-18(15)27-2/h3-10,17,19H,11-13H2,1-2H3/t17-,19-/m1/s1. The van der Waals surface area contributed by atoms with Crippen molar-refractivity contribution in [3.63, 3.8) is 0 Å². The largest absolute Gasteiger partial charge is 0.496 e. The summed E-state index contributed by atoms with van der Waals surface area (Å²) < 4.78 is 29.7. The van der Waals surface area contributed by atoms with Crippen molar-refractivity contribution in [1.82, 2.24) is 0 Å². The zero-order valence-corrected chi connectivity index (χ0v) is 17.9. The SMILES string of the molecule is COc1ccccc1CC(=O)N=C1S[C@@H]2CS(=O)(=O)C[C@H]2N1c1cccc(C)c1. The number of aryl methyl sites for hydroxylation is 1. The second-order valence-electron chi connectivity index (χ2n) is 7.29. The summed E-state index contributed by atoms with van der Waals surface area (Å²) in [6, 6.07) is 15.0. The third-order valence-electron chi connectivity index (χ3n) is 5.10. The van der Waals surface area contributed by atoms with Crippen LogP contribution in [0.3, 0.4) is 0 Å². The van der Waals surface area contributed by atoms with E-state index in [4.69, 9.17) is 4.74 Å². The smallest absolute Gasteiger partial charge is 0.252 e. The first-order chi connectivity index (χ1) is 13.9. The first-order valence-electron chi connectivity index (χ1n) is 9.33. The fourth-order valence-corrected chi connectivity index (χ4v) is 7.73. The van der Waals surface area contributed by atoms with E-state index in [2.05, 4.69) is 4.99 Å². The number of methoxy groups -OCH3 is 1. The lowest BCUT2D eigenvalue weighted by Crippen LogP contribution is -2.37. The van der Waals surface area contributed by atoms with Crippen LogP contribution in [0, 0.1) is 6.92 Å². The van der Waals surface area contributed by atoms with E-state index in [0.29, 0.717) is 10.9 Å². The molecule has 0 unspecified atom stereocenters. The Morgan fingerprint density at radius 1 is 1.21 bits per heavy atom. The molecule has 2 aliphatic heterocycles. The minimum absolute atomic E-state index is 0.0817. The van der Waals surface area contributed by atoms with Gasteiger partial charge in [0.05, 0.1) is 31.1 Å². The number of benzene rings is 2. The lowest BCUT2D eigenvalue weighted by molar-refractivity contribution is -0.117. The summed E-state index contributed by atoms with van der Waals surface area (Å²) in [5.74, 6) is 0.569. The van der Waals surface area contributed by atoms with E-state index in [0.717, 1.165) is 16.8 Å². The van der Waals surface area contributed by atoms with Gasteiger partial charge >= 0.3 is 0 Å². The number of amidine groups is 1. The summed E-state index contributed by atoms with van der Waals surface area (Å²) in [7, 11) is -1.51. The molecule has 2 aliphatic rings. The maximum absolute atomic E-state index is 12.7. The molecule has 0 N–H and O–H groups in total. The van der Waals surface area contributed by atoms with E-state index >= 15 is 0 Å². The van der Waals surface area contributed by atoms with Crippen LogP contribution in [0.25, 0.3) is 0 Å². The Bertz CT molecular complexity index is 1080. The van der Waals surface area contributed by atoms with Gasteiger partial charge in [0.25, 0.3) is 5.91 Å². The van der Waals surface area contributed by atoms with Crippen molar-refractivity contribution >= 4 is 38.4 Å². The average Bonchev–Trinajstić information content (AvgIpc) is 3.12. The minimum Gasteiger partial charge on any atom is -0.496 e. The van der Waals surface area contributed by atoms with Crippen LogP contribution in [-0.4, -0.2) is 49.4 Å². The zero-order valence-electron chi connectivity index (χ0n) is 16.2. The molecule has 2 saturated heterocycles. The maximum atomic E-state index is 12.7. The number of hydrogen-bond acceptors (Lipinski definition) is 5. The number of carbonyl (C=O) groups excluding carboxylic acids is 1. The highest BCUT2D eigenvalue weighted by molar-refractivity contribution is 8.16. The molecule has 29 heavy (non-hydrogen) atoms. The Hall–Kier alpha value is -2.32. The predicted octanol–water partition coefficient (Wildman–Crippen LogP) is 2.85. The average molecular weight is 431 g/mol. The number of hydrogen-bond donors (Lipinski definition) is 0. The Labute approximate surface area is 174 Å². The monoisotopic (exact) mass is 430 g/mol. The fourth-order valence-electron chi connectivity index (χ4n) is 3.80. The van der Waals surface area contributed by atoms with Gasteiger partial charge in [-0.3, -0.25) is 4.79 Å². The van der Waals surface area contributed by atoms with Gasteiger partial charge < -0.3 is 9.64 Å². The lowest BCUT2D eigenvalue weighted by atomic mass is 10.1. The third kappa shape index (κ3) is 4.18. The van der Waals surface area contributed by atoms with Gasteiger partial charge in [-0.05, 0) is 30.7 Å². The molecule has 6 nitrogen and oxygen atoms in total. The van der Waals surface area contributed by atoms with Crippen LogP contribution in [0.15, 0.2) is 53.5 Å². The number of thioether (sulfide) groups is 1. The number of rotatable bonds is 4. The number of aliphatic imine (C=N–C) groups is 1. The van der Waals surface area contributed by atoms with Gasteiger partial charge in [0.1, 0.15) is 5.75 Å². The normalized spacial score (nSPS) is 23.9. The number of carbonyl (C=O) groups is 1.